The van der Waals surface area contributed by atoms with E-state index in [9.17, 15) is 4.79 Å². The normalized spacial score (nSPS) is 16.2. The van der Waals surface area contributed by atoms with Gasteiger partial charge in [-0.05, 0) is 62.1 Å². The van der Waals surface area contributed by atoms with E-state index < -0.39 is 5.60 Å². The minimum Gasteiger partial charge on any atom is -0.444 e. The quantitative estimate of drug-likeness (QED) is 0.833. The van der Waals surface area contributed by atoms with E-state index in [-0.39, 0.29) is 6.09 Å². The molecule has 9 nitrogen and oxygen atoms in total. The van der Waals surface area contributed by atoms with Crippen molar-refractivity contribution in [2.24, 2.45) is 5.92 Å². The predicted octanol–water partition coefficient (Wildman–Crippen LogP) is 1.60. The number of aromatic nitrogens is 5. The van der Waals surface area contributed by atoms with Crippen molar-refractivity contribution in [1.29, 1.82) is 0 Å². The van der Waals surface area contributed by atoms with E-state index >= 15 is 0 Å². The lowest BCUT2D eigenvalue weighted by atomic mass is 9.96. The van der Waals surface area contributed by atoms with Crippen LogP contribution in [0.1, 0.15) is 33.6 Å². The van der Waals surface area contributed by atoms with Gasteiger partial charge in [-0.2, -0.15) is 0 Å². The lowest BCUT2D eigenvalue weighted by Gasteiger charge is -2.35. The van der Waals surface area contributed by atoms with Crippen molar-refractivity contribution in [2.75, 3.05) is 31.6 Å². The van der Waals surface area contributed by atoms with Crippen LogP contribution in [-0.2, 0) is 4.74 Å². The van der Waals surface area contributed by atoms with Gasteiger partial charge in [-0.1, -0.05) is 0 Å². The molecular weight excluding hydrogens is 322 g/mol. The largest absolute Gasteiger partial charge is 0.444 e. The van der Waals surface area contributed by atoms with Crippen LogP contribution < -0.4 is 4.90 Å². The Kier molecular flexibility index (Phi) is 4.73. The van der Waals surface area contributed by atoms with Crippen molar-refractivity contribution >= 4 is 17.6 Å². The van der Waals surface area contributed by atoms with Gasteiger partial charge in [0.1, 0.15) is 5.60 Å². The van der Waals surface area contributed by atoms with E-state index in [0.717, 1.165) is 38.3 Å². The van der Waals surface area contributed by atoms with E-state index in [1.165, 1.54) is 4.63 Å². The second-order valence-electron chi connectivity index (χ2n) is 7.51. The molecule has 0 spiro atoms. The number of hydrogen-bond acceptors (Lipinski definition) is 7. The first kappa shape index (κ1) is 17.4. The summed E-state index contributed by atoms with van der Waals surface area (Å²) in [6.07, 6.45) is 1.69. The van der Waals surface area contributed by atoms with Crippen LogP contribution in [0, 0.1) is 5.92 Å². The van der Waals surface area contributed by atoms with Crippen LogP contribution in [0.5, 0.6) is 0 Å². The van der Waals surface area contributed by atoms with Gasteiger partial charge in [0.05, 0.1) is 0 Å². The minimum absolute atomic E-state index is 0.217. The van der Waals surface area contributed by atoms with Gasteiger partial charge in [-0.15, -0.1) is 14.8 Å². The molecule has 1 amide bonds. The minimum atomic E-state index is -0.450. The van der Waals surface area contributed by atoms with Crippen LogP contribution in [0.3, 0.4) is 0 Å². The Balaban J connectivity index is 1.52. The van der Waals surface area contributed by atoms with Gasteiger partial charge in [0.2, 0.25) is 0 Å². The molecule has 2 aromatic heterocycles. The van der Waals surface area contributed by atoms with Crippen LogP contribution in [0.25, 0.3) is 5.65 Å². The number of nitrogens with zero attached hydrogens (tertiary/aromatic N) is 7. The molecule has 3 heterocycles. The van der Waals surface area contributed by atoms with Gasteiger partial charge in [0.15, 0.2) is 11.5 Å². The van der Waals surface area contributed by atoms with E-state index in [1.54, 1.807) is 4.90 Å². The molecule has 0 saturated carbocycles. The van der Waals surface area contributed by atoms with Crippen LogP contribution in [0.4, 0.5) is 10.6 Å². The first-order chi connectivity index (χ1) is 11.8. The fraction of sp³-hybridized carbons (Fsp3) is 0.688. The molecule has 3 rings (SSSR count). The number of tetrazole rings is 1. The topological polar surface area (TPSA) is 88.8 Å². The number of anilines is 1. The van der Waals surface area contributed by atoms with Gasteiger partial charge in [-0.25, -0.2) is 4.79 Å². The van der Waals surface area contributed by atoms with Crippen molar-refractivity contribution in [2.45, 2.75) is 39.2 Å². The third-order valence-corrected chi connectivity index (χ3v) is 4.24. The van der Waals surface area contributed by atoms with Gasteiger partial charge >= 0.3 is 6.09 Å². The molecule has 0 N–H and O–H groups in total. The van der Waals surface area contributed by atoms with E-state index in [2.05, 4.69) is 25.5 Å². The fourth-order valence-electron chi connectivity index (χ4n) is 2.95. The summed E-state index contributed by atoms with van der Waals surface area (Å²) in [5.41, 5.74) is 0.178. The summed E-state index contributed by atoms with van der Waals surface area (Å²) in [5, 5.41) is 15.7. The summed E-state index contributed by atoms with van der Waals surface area (Å²) < 4.78 is 6.87. The van der Waals surface area contributed by atoms with Crippen molar-refractivity contribution in [3.63, 3.8) is 0 Å². The molecule has 0 radical (unpaired) electrons. The Morgan fingerprint density at radius 1 is 1.32 bits per heavy atom. The van der Waals surface area contributed by atoms with Gasteiger partial charge in [0, 0.05) is 26.7 Å². The highest BCUT2D eigenvalue weighted by molar-refractivity contribution is 5.68. The first-order valence-corrected chi connectivity index (χ1v) is 8.56. The predicted molar refractivity (Wildman–Crippen MR) is 92.4 cm³/mol. The number of ether oxygens (including phenoxy) is 1. The van der Waals surface area contributed by atoms with Crippen molar-refractivity contribution in [3.8, 4) is 0 Å². The second kappa shape index (κ2) is 6.81. The highest BCUT2D eigenvalue weighted by Crippen LogP contribution is 2.22. The summed E-state index contributed by atoms with van der Waals surface area (Å²) in [6, 6.07) is 3.77. The van der Waals surface area contributed by atoms with Crippen LogP contribution in [0.15, 0.2) is 12.1 Å². The Morgan fingerprint density at radius 3 is 2.72 bits per heavy atom. The van der Waals surface area contributed by atoms with E-state index in [4.69, 9.17) is 4.74 Å². The molecule has 1 fully saturated rings. The summed E-state index contributed by atoms with van der Waals surface area (Å²) in [4.78, 5) is 16.0. The summed E-state index contributed by atoms with van der Waals surface area (Å²) >= 11 is 0. The fourth-order valence-corrected chi connectivity index (χ4v) is 2.95. The molecule has 136 valence electrons. The zero-order valence-electron chi connectivity index (χ0n) is 15.2. The number of hydrogen-bond donors (Lipinski definition) is 0. The molecular formula is C16H25N7O2. The maximum atomic E-state index is 12.1. The Hall–Kier alpha value is -2.45. The first-order valence-electron chi connectivity index (χ1n) is 8.56. The number of piperidine rings is 1. The van der Waals surface area contributed by atoms with E-state index in [0.29, 0.717) is 11.6 Å². The van der Waals surface area contributed by atoms with Gasteiger partial charge < -0.3 is 14.5 Å². The number of likely N-dealkylation sites (tertiary alicyclic amines) is 1. The third kappa shape index (κ3) is 4.34. The third-order valence-electron chi connectivity index (χ3n) is 4.24. The Labute approximate surface area is 146 Å². The number of carbonyl (C=O) groups excluding carboxylic acids is 1. The van der Waals surface area contributed by atoms with Gasteiger partial charge in [0.25, 0.3) is 0 Å². The maximum Gasteiger partial charge on any atom is 0.410 e. The molecule has 1 aliphatic rings. The van der Waals surface area contributed by atoms with Crippen molar-refractivity contribution in [3.05, 3.63) is 12.1 Å². The smallest absolute Gasteiger partial charge is 0.410 e. The molecule has 1 aliphatic heterocycles. The number of rotatable bonds is 3. The molecule has 0 atom stereocenters. The monoisotopic (exact) mass is 347 g/mol. The molecule has 25 heavy (non-hydrogen) atoms. The summed E-state index contributed by atoms with van der Waals surface area (Å²) in [5.74, 6) is 1.34. The zero-order chi connectivity index (χ0) is 18.0. The standard InChI is InChI=1S/C16H25N7O2/c1-16(2,3)25-15(24)22-9-7-12(8-10-22)11-21(4)14-6-5-13-17-19-20-23(13)18-14/h5-6,12H,7-11H2,1-4H3. The van der Waals surface area contributed by atoms with Crippen LogP contribution in [0.2, 0.25) is 0 Å². The molecule has 0 aliphatic carbocycles. The summed E-state index contributed by atoms with van der Waals surface area (Å²) in [7, 11) is 2.01. The van der Waals surface area contributed by atoms with E-state index in [1.807, 2.05) is 40.0 Å². The highest BCUT2D eigenvalue weighted by Gasteiger charge is 2.27. The highest BCUT2D eigenvalue weighted by atomic mass is 16.6. The lowest BCUT2D eigenvalue weighted by Crippen LogP contribution is -2.43. The van der Waals surface area contributed by atoms with Crippen molar-refractivity contribution in [1.82, 2.24) is 30.2 Å². The van der Waals surface area contributed by atoms with Gasteiger partial charge in [-0.3, -0.25) is 0 Å². The number of amides is 1. The number of fused-ring (bicyclic) bond motifs is 1. The molecule has 1 saturated heterocycles. The molecule has 0 aromatic carbocycles. The maximum absolute atomic E-state index is 12.1. The Bertz CT molecular complexity index is 731. The van der Waals surface area contributed by atoms with Crippen LogP contribution in [-0.4, -0.2) is 68.5 Å². The van der Waals surface area contributed by atoms with Crippen molar-refractivity contribution < 1.29 is 9.53 Å². The average molecular weight is 347 g/mol. The molecule has 0 unspecified atom stereocenters. The zero-order valence-corrected chi connectivity index (χ0v) is 15.2. The Morgan fingerprint density at radius 2 is 2.04 bits per heavy atom. The number of carbonyl (C=O) groups is 1. The molecule has 2 aromatic rings. The molecule has 9 heteroatoms. The SMILES string of the molecule is CN(CC1CCN(C(=O)OC(C)(C)C)CC1)c1ccc2nnnn2n1. The van der Waals surface area contributed by atoms with Crippen LogP contribution >= 0.6 is 0 Å². The summed E-state index contributed by atoms with van der Waals surface area (Å²) in [6.45, 7) is 8.01. The second-order valence-corrected chi connectivity index (χ2v) is 7.51. The molecule has 0 bridgehead atoms. The average Bonchev–Trinajstić information content (AvgIpc) is 3.01. The lowest BCUT2D eigenvalue weighted by molar-refractivity contribution is 0.0186.